The molecule has 1 saturated heterocycles. The molecule has 168 valence electrons. The summed E-state index contributed by atoms with van der Waals surface area (Å²) in [4.78, 5) is 27.5. The highest BCUT2D eigenvalue weighted by Gasteiger charge is 2.23. The summed E-state index contributed by atoms with van der Waals surface area (Å²) in [5.41, 5.74) is 7.64. The quantitative estimate of drug-likeness (QED) is 0.533. The van der Waals surface area contributed by atoms with Crippen molar-refractivity contribution in [1.29, 1.82) is 0 Å². The molecule has 2 atom stereocenters. The Hall–Kier alpha value is -2.94. The fourth-order valence-corrected chi connectivity index (χ4v) is 3.70. The summed E-state index contributed by atoms with van der Waals surface area (Å²) in [6.07, 6.45) is 1.00. The van der Waals surface area contributed by atoms with E-state index >= 15 is 0 Å². The predicted molar refractivity (Wildman–Crippen MR) is 125 cm³/mol. The van der Waals surface area contributed by atoms with Crippen LogP contribution < -0.4 is 26.6 Å². The second-order valence-electron chi connectivity index (χ2n) is 9.60. The van der Waals surface area contributed by atoms with E-state index in [0.29, 0.717) is 29.5 Å². The maximum atomic E-state index is 11.6. The molecule has 9 heteroatoms. The van der Waals surface area contributed by atoms with Crippen LogP contribution in [0.2, 0.25) is 0 Å². The van der Waals surface area contributed by atoms with Crippen LogP contribution in [0.3, 0.4) is 0 Å². The monoisotopic (exact) mass is 426 g/mol. The molecule has 0 unspecified atom stereocenters. The van der Waals surface area contributed by atoms with Gasteiger partial charge in [-0.1, -0.05) is 26.8 Å². The fourth-order valence-electron chi connectivity index (χ4n) is 3.70. The molecule has 2 heterocycles. The maximum Gasteiger partial charge on any atom is 0.248 e. The Balaban J connectivity index is 1.92. The van der Waals surface area contributed by atoms with Gasteiger partial charge in [0.25, 0.3) is 0 Å². The molecule has 5 N–H and O–H groups in total. The average molecular weight is 427 g/mol. The molecule has 1 aromatic heterocycles. The summed E-state index contributed by atoms with van der Waals surface area (Å²) in [6, 6.07) is 5.99. The number of aryl methyl sites for hydroxylation is 1. The van der Waals surface area contributed by atoms with Crippen LogP contribution in [0.1, 0.15) is 50.0 Å². The molecular weight excluding hydrogens is 392 g/mol. The second-order valence-corrected chi connectivity index (χ2v) is 9.60. The molecule has 9 nitrogen and oxygen atoms in total. The number of amides is 1. The third kappa shape index (κ3) is 6.27. The molecule has 31 heavy (non-hydrogen) atoms. The van der Waals surface area contributed by atoms with Gasteiger partial charge in [0.15, 0.2) is 0 Å². The van der Waals surface area contributed by atoms with Crippen molar-refractivity contribution < 1.29 is 4.79 Å². The Morgan fingerprint density at radius 2 is 1.97 bits per heavy atom. The zero-order valence-electron chi connectivity index (χ0n) is 19.3. The third-order valence-electron chi connectivity index (χ3n) is 5.13. The highest BCUT2D eigenvalue weighted by Crippen LogP contribution is 2.24. The van der Waals surface area contributed by atoms with Crippen LogP contribution in [-0.4, -0.2) is 53.1 Å². The fraction of sp³-hybridized carbons (Fsp3) is 0.545. The van der Waals surface area contributed by atoms with Crippen molar-refractivity contribution >= 4 is 29.4 Å². The van der Waals surface area contributed by atoms with E-state index in [-0.39, 0.29) is 11.5 Å². The summed E-state index contributed by atoms with van der Waals surface area (Å²) < 4.78 is 0. The molecular formula is C22H34N8O. The number of benzene rings is 1. The zero-order chi connectivity index (χ0) is 22.8. The van der Waals surface area contributed by atoms with E-state index in [1.54, 1.807) is 12.1 Å². The first kappa shape index (κ1) is 22.7. The molecule has 0 saturated carbocycles. The van der Waals surface area contributed by atoms with Crippen LogP contribution in [0.25, 0.3) is 0 Å². The number of nitrogens with two attached hydrogens (primary N) is 1. The van der Waals surface area contributed by atoms with Crippen molar-refractivity contribution in [2.75, 3.05) is 35.7 Å². The summed E-state index contributed by atoms with van der Waals surface area (Å²) in [6.45, 7) is 12.3. The SMILES string of the molecule is Cc1ccc(C(N)=O)cc1Nc1nc(N[C@H]2CN[C@@H](C)C2)nc(N(C)CC(C)(C)C)n1. The van der Waals surface area contributed by atoms with Gasteiger partial charge in [-0.3, -0.25) is 4.79 Å². The van der Waals surface area contributed by atoms with Gasteiger partial charge in [-0.05, 0) is 43.4 Å². The normalized spacial score (nSPS) is 18.6. The second kappa shape index (κ2) is 9.05. The highest BCUT2D eigenvalue weighted by atomic mass is 16.1. The summed E-state index contributed by atoms with van der Waals surface area (Å²) in [5.74, 6) is 1.04. The van der Waals surface area contributed by atoms with E-state index in [0.717, 1.165) is 30.8 Å². The third-order valence-corrected chi connectivity index (χ3v) is 5.13. The van der Waals surface area contributed by atoms with Crippen molar-refractivity contribution in [3.8, 4) is 0 Å². The molecule has 3 rings (SSSR count). The first-order chi connectivity index (χ1) is 14.5. The number of hydrogen-bond acceptors (Lipinski definition) is 8. The summed E-state index contributed by atoms with van der Waals surface area (Å²) in [5, 5.41) is 10.1. The van der Waals surface area contributed by atoms with E-state index < -0.39 is 5.91 Å². The number of carbonyl (C=O) groups excluding carboxylic acids is 1. The van der Waals surface area contributed by atoms with Crippen LogP contribution in [0.5, 0.6) is 0 Å². The predicted octanol–water partition coefficient (Wildman–Crippen LogP) is 2.67. The smallest absolute Gasteiger partial charge is 0.248 e. The number of carbonyl (C=O) groups is 1. The van der Waals surface area contributed by atoms with Crippen LogP contribution in [-0.2, 0) is 0 Å². The van der Waals surface area contributed by atoms with E-state index in [4.69, 9.17) is 5.73 Å². The minimum atomic E-state index is -0.477. The number of nitrogens with one attached hydrogen (secondary N) is 3. The number of hydrogen-bond donors (Lipinski definition) is 4. The summed E-state index contributed by atoms with van der Waals surface area (Å²) in [7, 11) is 1.98. The van der Waals surface area contributed by atoms with Gasteiger partial charge in [0.05, 0.1) is 0 Å². The molecule has 1 amide bonds. The molecule has 0 aliphatic carbocycles. The lowest BCUT2D eigenvalue weighted by molar-refractivity contribution is 0.100. The first-order valence-electron chi connectivity index (χ1n) is 10.6. The number of anilines is 4. The lowest BCUT2D eigenvalue weighted by Gasteiger charge is -2.27. The maximum absolute atomic E-state index is 11.6. The van der Waals surface area contributed by atoms with Crippen molar-refractivity contribution in [1.82, 2.24) is 20.3 Å². The Morgan fingerprint density at radius 3 is 2.58 bits per heavy atom. The molecule has 0 bridgehead atoms. The Labute approximate surface area is 184 Å². The molecule has 1 aliphatic rings. The molecule has 1 aromatic carbocycles. The first-order valence-corrected chi connectivity index (χ1v) is 10.6. The van der Waals surface area contributed by atoms with Crippen molar-refractivity contribution in [2.45, 2.75) is 53.1 Å². The molecule has 1 aliphatic heterocycles. The van der Waals surface area contributed by atoms with Gasteiger partial charge < -0.3 is 26.6 Å². The van der Waals surface area contributed by atoms with Crippen molar-refractivity contribution in [2.24, 2.45) is 11.1 Å². The Kier molecular flexibility index (Phi) is 6.64. The van der Waals surface area contributed by atoms with Crippen molar-refractivity contribution in [3.05, 3.63) is 29.3 Å². The number of nitrogens with zero attached hydrogens (tertiary/aromatic N) is 4. The number of primary amides is 1. The molecule has 0 spiro atoms. The number of aromatic nitrogens is 3. The van der Waals surface area contributed by atoms with Gasteiger partial charge in [-0.25, -0.2) is 0 Å². The lowest BCUT2D eigenvalue weighted by atomic mass is 9.96. The van der Waals surface area contributed by atoms with E-state index in [2.05, 4.69) is 58.6 Å². The molecule has 0 radical (unpaired) electrons. The van der Waals surface area contributed by atoms with Gasteiger partial charge in [0.1, 0.15) is 0 Å². The topological polar surface area (TPSA) is 121 Å². The molecule has 1 fully saturated rings. The zero-order valence-corrected chi connectivity index (χ0v) is 19.3. The highest BCUT2D eigenvalue weighted by molar-refractivity contribution is 5.94. The Bertz CT molecular complexity index is 940. The minimum Gasteiger partial charge on any atom is -0.366 e. The largest absolute Gasteiger partial charge is 0.366 e. The van der Waals surface area contributed by atoms with E-state index in [1.807, 2.05) is 24.9 Å². The Morgan fingerprint density at radius 1 is 1.26 bits per heavy atom. The number of rotatable bonds is 7. The lowest BCUT2D eigenvalue weighted by Crippen LogP contribution is -2.31. The minimum absolute atomic E-state index is 0.0831. The van der Waals surface area contributed by atoms with Gasteiger partial charge in [-0.15, -0.1) is 0 Å². The van der Waals surface area contributed by atoms with Crippen LogP contribution in [0.15, 0.2) is 18.2 Å². The van der Waals surface area contributed by atoms with Crippen LogP contribution in [0.4, 0.5) is 23.5 Å². The average Bonchev–Trinajstić information content (AvgIpc) is 3.06. The van der Waals surface area contributed by atoms with Gasteiger partial charge in [0, 0.05) is 43.5 Å². The van der Waals surface area contributed by atoms with Crippen LogP contribution >= 0.6 is 0 Å². The summed E-state index contributed by atoms with van der Waals surface area (Å²) >= 11 is 0. The van der Waals surface area contributed by atoms with Crippen molar-refractivity contribution in [3.63, 3.8) is 0 Å². The molecule has 2 aromatic rings. The van der Waals surface area contributed by atoms with Gasteiger partial charge >= 0.3 is 0 Å². The van der Waals surface area contributed by atoms with E-state index in [1.165, 1.54) is 0 Å². The van der Waals surface area contributed by atoms with Gasteiger partial charge in [0.2, 0.25) is 23.8 Å². The van der Waals surface area contributed by atoms with E-state index in [9.17, 15) is 4.79 Å². The standard InChI is InChI=1S/C22H34N8O/c1-13-7-8-15(18(23)31)10-17(13)26-20-27-19(25-16-9-14(2)24-11-16)28-21(29-20)30(6)12-22(3,4)5/h7-8,10,14,16,24H,9,11-12H2,1-6H3,(H2,23,31)(H2,25,26,27,28,29)/t14-,16+/m0/s1. The van der Waals surface area contributed by atoms with Gasteiger partial charge in [-0.2, -0.15) is 15.0 Å². The van der Waals surface area contributed by atoms with Crippen LogP contribution in [0, 0.1) is 12.3 Å².